The van der Waals surface area contributed by atoms with E-state index in [9.17, 15) is 5.11 Å². The Kier molecular flexibility index (Phi) is 3.98. The van der Waals surface area contributed by atoms with Gasteiger partial charge in [-0.05, 0) is 13.3 Å². The summed E-state index contributed by atoms with van der Waals surface area (Å²) in [4.78, 5) is 0. The molecule has 0 saturated heterocycles. The molecule has 0 fully saturated rings. The molecule has 0 rings (SSSR count). The number of hydrogen-bond donors (Lipinski definition) is 1. The molecule has 1 heteroatoms. The van der Waals surface area contributed by atoms with E-state index in [-0.39, 0.29) is 5.41 Å². The van der Waals surface area contributed by atoms with Gasteiger partial charge in [-0.15, -0.1) is 6.58 Å². The molecule has 12 heavy (non-hydrogen) atoms. The average molecular weight is 170 g/mol. The van der Waals surface area contributed by atoms with E-state index in [4.69, 9.17) is 0 Å². The summed E-state index contributed by atoms with van der Waals surface area (Å²) in [5.41, 5.74) is -0.813. The molecule has 0 heterocycles. The molecule has 0 aliphatic heterocycles. The SMILES string of the molecule is C=CC(C)(C)C(C)(O)CCCC. The summed E-state index contributed by atoms with van der Waals surface area (Å²) in [5, 5.41) is 10.1. The molecule has 0 aliphatic carbocycles. The second-order valence-electron chi connectivity index (χ2n) is 4.30. The Morgan fingerprint density at radius 2 is 1.83 bits per heavy atom. The van der Waals surface area contributed by atoms with Crippen LogP contribution in [0, 0.1) is 5.41 Å². The first-order valence-electron chi connectivity index (χ1n) is 4.73. The fourth-order valence-electron chi connectivity index (χ4n) is 1.06. The van der Waals surface area contributed by atoms with Crippen molar-refractivity contribution in [3.8, 4) is 0 Å². The number of hydrogen-bond acceptors (Lipinski definition) is 1. The molecule has 0 aromatic heterocycles. The van der Waals surface area contributed by atoms with Gasteiger partial charge in [0.25, 0.3) is 0 Å². The minimum Gasteiger partial charge on any atom is -0.389 e. The molecule has 0 spiro atoms. The van der Waals surface area contributed by atoms with Gasteiger partial charge < -0.3 is 5.11 Å². The largest absolute Gasteiger partial charge is 0.389 e. The quantitative estimate of drug-likeness (QED) is 0.628. The minimum absolute atomic E-state index is 0.192. The van der Waals surface area contributed by atoms with Gasteiger partial charge in [-0.25, -0.2) is 0 Å². The Morgan fingerprint density at radius 1 is 1.33 bits per heavy atom. The van der Waals surface area contributed by atoms with E-state index < -0.39 is 5.60 Å². The van der Waals surface area contributed by atoms with Crippen molar-refractivity contribution in [2.45, 2.75) is 52.6 Å². The van der Waals surface area contributed by atoms with Gasteiger partial charge in [0.1, 0.15) is 0 Å². The molecule has 1 atom stereocenters. The van der Waals surface area contributed by atoms with Crippen LogP contribution in [0.5, 0.6) is 0 Å². The van der Waals surface area contributed by atoms with E-state index in [1.165, 1.54) is 0 Å². The highest BCUT2D eigenvalue weighted by Gasteiger charge is 2.35. The highest BCUT2D eigenvalue weighted by atomic mass is 16.3. The lowest BCUT2D eigenvalue weighted by Crippen LogP contribution is -2.40. The summed E-state index contributed by atoms with van der Waals surface area (Å²) in [6.45, 7) is 11.8. The molecule has 0 amide bonds. The molecule has 0 aliphatic rings. The van der Waals surface area contributed by atoms with Gasteiger partial charge in [-0.2, -0.15) is 0 Å². The molecule has 72 valence electrons. The normalized spacial score (nSPS) is 17.1. The van der Waals surface area contributed by atoms with Crippen LogP contribution in [0.25, 0.3) is 0 Å². The average Bonchev–Trinajstić information content (AvgIpc) is 2.00. The van der Waals surface area contributed by atoms with Gasteiger partial charge in [0.05, 0.1) is 5.60 Å². The summed E-state index contributed by atoms with van der Waals surface area (Å²) >= 11 is 0. The highest BCUT2D eigenvalue weighted by molar-refractivity contribution is 5.00. The van der Waals surface area contributed by atoms with Gasteiger partial charge in [0.2, 0.25) is 0 Å². The van der Waals surface area contributed by atoms with Crippen LogP contribution in [0.1, 0.15) is 47.0 Å². The van der Waals surface area contributed by atoms with E-state index in [2.05, 4.69) is 13.5 Å². The van der Waals surface area contributed by atoms with Crippen molar-refractivity contribution in [3.05, 3.63) is 12.7 Å². The number of rotatable bonds is 5. The Labute approximate surface area is 76.5 Å². The summed E-state index contributed by atoms with van der Waals surface area (Å²) in [6.07, 6.45) is 4.89. The molecule has 1 unspecified atom stereocenters. The van der Waals surface area contributed by atoms with Crippen molar-refractivity contribution >= 4 is 0 Å². The second kappa shape index (κ2) is 4.08. The zero-order valence-electron chi connectivity index (χ0n) is 8.85. The van der Waals surface area contributed by atoms with E-state index in [1.807, 2.05) is 26.8 Å². The predicted molar refractivity (Wildman–Crippen MR) is 54.1 cm³/mol. The third-order valence-corrected chi connectivity index (χ3v) is 2.92. The lowest BCUT2D eigenvalue weighted by atomic mass is 9.73. The Hall–Kier alpha value is -0.300. The molecule has 0 aromatic carbocycles. The topological polar surface area (TPSA) is 20.2 Å². The van der Waals surface area contributed by atoms with Crippen LogP contribution in [0.15, 0.2) is 12.7 Å². The number of aliphatic hydroxyl groups is 1. The lowest BCUT2D eigenvalue weighted by Gasteiger charge is -2.37. The second-order valence-corrected chi connectivity index (χ2v) is 4.30. The van der Waals surface area contributed by atoms with Crippen LogP contribution in [-0.2, 0) is 0 Å². The molecule has 1 nitrogen and oxygen atoms in total. The van der Waals surface area contributed by atoms with Crippen LogP contribution in [0.4, 0.5) is 0 Å². The summed E-state index contributed by atoms with van der Waals surface area (Å²) in [7, 11) is 0. The van der Waals surface area contributed by atoms with Crippen molar-refractivity contribution in [2.24, 2.45) is 5.41 Å². The monoisotopic (exact) mass is 170 g/mol. The van der Waals surface area contributed by atoms with Crippen LogP contribution in [0.3, 0.4) is 0 Å². The van der Waals surface area contributed by atoms with Crippen LogP contribution < -0.4 is 0 Å². The molecule has 0 radical (unpaired) electrons. The molecular weight excluding hydrogens is 148 g/mol. The number of unbranched alkanes of at least 4 members (excludes halogenated alkanes) is 1. The first-order chi connectivity index (χ1) is 5.37. The zero-order valence-corrected chi connectivity index (χ0v) is 8.85. The Balaban J connectivity index is 4.27. The molecule has 0 bridgehead atoms. The summed E-state index contributed by atoms with van der Waals surface area (Å²) in [5.74, 6) is 0. The Morgan fingerprint density at radius 3 is 2.17 bits per heavy atom. The molecule has 1 N–H and O–H groups in total. The first-order valence-corrected chi connectivity index (χ1v) is 4.73. The maximum Gasteiger partial charge on any atom is 0.0704 e. The van der Waals surface area contributed by atoms with Crippen molar-refractivity contribution < 1.29 is 5.11 Å². The van der Waals surface area contributed by atoms with Crippen molar-refractivity contribution in [1.29, 1.82) is 0 Å². The zero-order chi connectivity index (χ0) is 9.83. The maximum atomic E-state index is 10.1. The van der Waals surface area contributed by atoms with E-state index in [1.54, 1.807) is 0 Å². The van der Waals surface area contributed by atoms with Crippen molar-refractivity contribution in [1.82, 2.24) is 0 Å². The molecule has 0 aromatic rings. The molecule has 0 saturated carbocycles. The maximum absolute atomic E-state index is 10.1. The molecular formula is C11H22O. The third-order valence-electron chi connectivity index (χ3n) is 2.92. The smallest absolute Gasteiger partial charge is 0.0704 e. The first kappa shape index (κ1) is 11.7. The summed E-state index contributed by atoms with van der Waals surface area (Å²) in [6, 6.07) is 0. The third kappa shape index (κ3) is 2.63. The van der Waals surface area contributed by atoms with Gasteiger partial charge in [-0.1, -0.05) is 39.7 Å². The van der Waals surface area contributed by atoms with Gasteiger partial charge in [0, 0.05) is 5.41 Å². The van der Waals surface area contributed by atoms with Gasteiger partial charge in [-0.3, -0.25) is 0 Å². The highest BCUT2D eigenvalue weighted by Crippen LogP contribution is 2.35. The van der Waals surface area contributed by atoms with E-state index in [0.717, 1.165) is 19.3 Å². The fraction of sp³-hybridized carbons (Fsp3) is 0.818. The minimum atomic E-state index is -0.620. The lowest BCUT2D eigenvalue weighted by molar-refractivity contribution is -0.0339. The van der Waals surface area contributed by atoms with Gasteiger partial charge in [0.15, 0.2) is 0 Å². The van der Waals surface area contributed by atoms with Crippen LogP contribution in [-0.4, -0.2) is 10.7 Å². The van der Waals surface area contributed by atoms with Crippen molar-refractivity contribution in [3.63, 3.8) is 0 Å². The standard InChI is InChI=1S/C11H22O/c1-6-8-9-11(5,12)10(3,4)7-2/h7,12H,2,6,8-9H2,1,3-5H3. The van der Waals surface area contributed by atoms with Gasteiger partial charge >= 0.3 is 0 Å². The van der Waals surface area contributed by atoms with Crippen molar-refractivity contribution in [2.75, 3.05) is 0 Å². The van der Waals surface area contributed by atoms with E-state index in [0.29, 0.717) is 0 Å². The van der Waals surface area contributed by atoms with E-state index >= 15 is 0 Å². The van der Waals surface area contributed by atoms with Crippen LogP contribution in [0.2, 0.25) is 0 Å². The summed E-state index contributed by atoms with van der Waals surface area (Å²) < 4.78 is 0. The van der Waals surface area contributed by atoms with Crippen LogP contribution >= 0.6 is 0 Å². The fourth-order valence-corrected chi connectivity index (χ4v) is 1.06. The predicted octanol–water partition coefficient (Wildman–Crippen LogP) is 3.14. The Bertz CT molecular complexity index is 145.